The Labute approximate surface area is 546 Å². The molecule has 542 valence electrons. The van der Waals surface area contributed by atoms with Gasteiger partial charge in [-0.1, -0.05) is 60.1 Å². The predicted molar refractivity (Wildman–Crippen MR) is 328 cm³/mol. The van der Waals surface area contributed by atoms with Crippen molar-refractivity contribution in [2.24, 2.45) is 57.7 Å². The molecule has 35 atom stereocenters. The van der Waals surface area contributed by atoms with Crippen molar-refractivity contribution in [2.45, 2.75) is 292 Å². The number of ether oxygens (including phenoxy) is 9. The first kappa shape index (κ1) is 77.4. The van der Waals surface area contributed by atoms with Gasteiger partial charge >= 0.3 is 0 Å². The van der Waals surface area contributed by atoms with Crippen LogP contribution >= 0.6 is 0 Å². The minimum atomic E-state index is -1.89. The lowest BCUT2D eigenvalue weighted by molar-refractivity contribution is -0.361. The molecule has 8 aliphatic rings. The molecule has 0 bridgehead atoms. The molecular weight excluding hydrogens is 1220 g/mol. The summed E-state index contributed by atoms with van der Waals surface area (Å²) in [5, 5.41) is 196. The number of fused-ring (bicyclic) bond motifs is 3. The first-order chi connectivity index (χ1) is 43.2. The molecule has 0 spiro atoms. The molecule has 0 aromatic carbocycles. The number of hydrogen-bond donors (Lipinski definition) is 18. The lowest BCUT2D eigenvalue weighted by atomic mass is 9.44. The summed E-state index contributed by atoms with van der Waals surface area (Å²) < 4.78 is 55.0. The second-order valence-corrected chi connectivity index (χ2v) is 31.4. The highest BCUT2D eigenvalue weighted by Crippen LogP contribution is 2.64. The van der Waals surface area contributed by atoms with Gasteiger partial charge in [-0.25, -0.2) is 0 Å². The molecule has 0 aromatic rings. The number of aliphatic hydroxyl groups is 18. The average Bonchev–Trinajstić information content (AvgIpc) is 0.718. The van der Waals surface area contributed by atoms with Crippen molar-refractivity contribution in [3.63, 3.8) is 0 Å². The van der Waals surface area contributed by atoms with E-state index in [2.05, 4.69) is 47.6 Å². The van der Waals surface area contributed by atoms with Gasteiger partial charge in [0.2, 0.25) is 0 Å². The number of rotatable bonds is 24. The highest BCUT2D eigenvalue weighted by molar-refractivity contribution is 5.29. The third kappa shape index (κ3) is 15.3. The summed E-state index contributed by atoms with van der Waals surface area (Å²) >= 11 is 0. The van der Waals surface area contributed by atoms with Crippen LogP contribution in [-0.2, 0) is 42.6 Å². The zero-order valence-corrected chi connectivity index (χ0v) is 56.3. The van der Waals surface area contributed by atoms with Gasteiger partial charge in [-0.15, -0.1) is 0 Å². The van der Waals surface area contributed by atoms with E-state index in [9.17, 15) is 91.9 Å². The van der Waals surface area contributed by atoms with Gasteiger partial charge in [-0.05, 0) is 115 Å². The SMILES string of the molecule is CC(CCC(OC[C@@]1(C)OC(COC[C@H]2OC(C)[C@H](O)C(O)[C@H]2O)[C@H](O)C(O)[C@H]1O[C@H]1OC(CO)[C@H](O)C(O)[C@H]1O)C(C)(C)O)[C@H](C)C1C[C@@H](O)[C@]2(C)C3CCC(OC[C@]4(C)CC(COC[C@]5(C)OC(CO)[C@@H](O)[C@@H](O)C5O)[C@@H](O)[C@@H](O)C4O)C(C)(C)C3=CCC2[C@H]1C. The van der Waals surface area contributed by atoms with Crippen molar-refractivity contribution >= 4 is 0 Å². The summed E-state index contributed by atoms with van der Waals surface area (Å²) in [6, 6.07) is 0. The zero-order chi connectivity index (χ0) is 69.2. The molecule has 4 heterocycles. The van der Waals surface area contributed by atoms with Crippen LogP contribution in [0.5, 0.6) is 0 Å². The van der Waals surface area contributed by atoms with Crippen LogP contribution in [0.1, 0.15) is 128 Å². The van der Waals surface area contributed by atoms with Gasteiger partial charge in [-0.2, -0.15) is 0 Å². The molecule has 27 nitrogen and oxygen atoms in total. The molecule has 27 heteroatoms. The average molecular weight is 1340 g/mol. The Morgan fingerprint density at radius 1 is 0.602 bits per heavy atom. The molecule has 0 radical (unpaired) electrons. The Hall–Kier alpha value is -1.34. The second-order valence-electron chi connectivity index (χ2n) is 31.4. The Bertz CT molecular complexity index is 2420. The van der Waals surface area contributed by atoms with E-state index >= 15 is 0 Å². The van der Waals surface area contributed by atoms with Crippen molar-refractivity contribution in [3.05, 3.63) is 11.6 Å². The fourth-order valence-corrected chi connectivity index (χ4v) is 17.4. The third-order valence-electron chi connectivity index (χ3n) is 24.0. The maximum atomic E-state index is 12.6. The molecule has 18 N–H and O–H groups in total. The Kier molecular flexibility index (Phi) is 25.0. The van der Waals surface area contributed by atoms with Gasteiger partial charge in [0.25, 0.3) is 0 Å². The number of aliphatic hydroxyl groups excluding tert-OH is 17. The minimum absolute atomic E-state index is 0.0474. The van der Waals surface area contributed by atoms with Crippen LogP contribution in [0.4, 0.5) is 0 Å². The largest absolute Gasteiger partial charge is 0.394 e. The summed E-state index contributed by atoms with van der Waals surface area (Å²) in [6.45, 7) is 19.9. The molecule has 0 amide bonds. The zero-order valence-electron chi connectivity index (χ0n) is 56.3. The fourth-order valence-electron chi connectivity index (χ4n) is 17.4. The van der Waals surface area contributed by atoms with Crippen LogP contribution < -0.4 is 0 Å². The quantitative estimate of drug-likeness (QED) is 0.0437. The van der Waals surface area contributed by atoms with Gasteiger partial charge in [0.15, 0.2) is 6.29 Å². The summed E-state index contributed by atoms with van der Waals surface area (Å²) in [6.07, 6.45) is -27.0. The normalized spacial score (nSPS) is 49.8. The maximum Gasteiger partial charge on any atom is 0.187 e. The predicted octanol–water partition coefficient (Wildman–Crippen LogP) is -2.71. The third-order valence-corrected chi connectivity index (χ3v) is 24.0. The number of allylic oxidation sites excluding steroid dienone is 1. The van der Waals surface area contributed by atoms with Gasteiger partial charge in [-0.3, -0.25) is 0 Å². The summed E-state index contributed by atoms with van der Waals surface area (Å²) in [7, 11) is 0. The maximum absolute atomic E-state index is 12.6. The van der Waals surface area contributed by atoms with Crippen LogP contribution in [-0.4, -0.2) is 308 Å². The van der Waals surface area contributed by atoms with Crippen LogP contribution in [0.25, 0.3) is 0 Å². The van der Waals surface area contributed by atoms with Crippen molar-refractivity contribution in [1.29, 1.82) is 0 Å². The van der Waals surface area contributed by atoms with Crippen molar-refractivity contribution in [2.75, 3.05) is 52.9 Å². The summed E-state index contributed by atoms with van der Waals surface area (Å²) in [5.41, 5.74) is -5.48. The van der Waals surface area contributed by atoms with E-state index in [1.165, 1.54) is 26.3 Å². The van der Waals surface area contributed by atoms with Crippen LogP contribution in [0, 0.1) is 57.7 Å². The van der Waals surface area contributed by atoms with Crippen molar-refractivity contribution in [3.8, 4) is 0 Å². The first-order valence-electron chi connectivity index (χ1n) is 33.8. The van der Waals surface area contributed by atoms with Gasteiger partial charge < -0.3 is 135 Å². The first-order valence-corrected chi connectivity index (χ1v) is 33.8. The van der Waals surface area contributed by atoms with Crippen molar-refractivity contribution < 1.29 is 135 Å². The molecule has 93 heavy (non-hydrogen) atoms. The molecule has 8 rings (SSSR count). The minimum Gasteiger partial charge on any atom is -0.394 e. The van der Waals surface area contributed by atoms with E-state index in [0.29, 0.717) is 25.7 Å². The van der Waals surface area contributed by atoms with Gasteiger partial charge in [0.1, 0.15) is 115 Å². The molecular formula is C66H116O27. The fraction of sp³-hybridized carbons (Fsp3) is 0.970. The van der Waals surface area contributed by atoms with Gasteiger partial charge in [0.05, 0.1) is 95.1 Å². The molecule has 0 aromatic heterocycles. The Morgan fingerprint density at radius 2 is 1.19 bits per heavy atom. The monoisotopic (exact) mass is 1340 g/mol. The topological polar surface area (TPSA) is 447 Å². The highest BCUT2D eigenvalue weighted by atomic mass is 16.7. The van der Waals surface area contributed by atoms with E-state index in [-0.39, 0.29) is 74.5 Å². The molecule has 3 saturated carbocycles. The van der Waals surface area contributed by atoms with Crippen LogP contribution in [0.2, 0.25) is 0 Å². The molecule has 4 aliphatic carbocycles. The molecule has 16 unspecified atom stereocenters. The van der Waals surface area contributed by atoms with Gasteiger partial charge in [0, 0.05) is 22.2 Å². The van der Waals surface area contributed by atoms with E-state index < -0.39 is 206 Å². The standard InChI is InChI=1S/C66H116O27/c1-29(13-17-44(62(7,8)84)88-28-65(11)59(91-60-56(81)52(77)47(72)38(21-67)90-60)55(80)50(75)41(93-65)25-85-24-40-49(74)51(76)45(70)32(4)89-40)30(2)34-19-42(69)66(12)35(31(34)3)14-15-36-37(66)16-18-43(61(36,5)6)87-26-63(9)20-33(46(71)53(78)57(63)82)23-86-27-64(10)58(83)54(79)48(73)39(22-68)92-64/h15,29-35,37-60,67-84H,13-14,16-28H2,1-12H3/t29?,30-,31-,32?,33?,34?,35?,37?,38?,39?,40+,41?,42+,43?,44?,45-,46+,47-,48+,49-,50-,51?,52?,53+,54+,55?,56+,57?,58?,59+,60+,63-,64-,65+,66-/m0/s1. The number of hydrogen-bond acceptors (Lipinski definition) is 27. The lowest BCUT2D eigenvalue weighted by Crippen LogP contribution is -2.69. The van der Waals surface area contributed by atoms with E-state index in [1.807, 2.05) is 0 Å². The molecule has 7 fully saturated rings. The second kappa shape index (κ2) is 30.1. The van der Waals surface area contributed by atoms with E-state index in [0.717, 1.165) is 12.8 Å². The Balaban J connectivity index is 0.899. The molecule has 4 aliphatic heterocycles. The summed E-state index contributed by atoms with van der Waals surface area (Å²) in [4.78, 5) is 0. The van der Waals surface area contributed by atoms with Crippen LogP contribution in [0.3, 0.4) is 0 Å². The van der Waals surface area contributed by atoms with Crippen LogP contribution in [0.15, 0.2) is 11.6 Å². The summed E-state index contributed by atoms with van der Waals surface area (Å²) in [5.74, 6) is -0.0158. The Morgan fingerprint density at radius 3 is 1.84 bits per heavy atom. The van der Waals surface area contributed by atoms with E-state index in [4.69, 9.17) is 42.6 Å². The van der Waals surface area contributed by atoms with E-state index in [1.54, 1.807) is 20.8 Å². The lowest BCUT2D eigenvalue weighted by Gasteiger charge is -2.62. The molecule has 4 saturated heterocycles. The highest BCUT2D eigenvalue weighted by Gasteiger charge is 2.62. The smallest absolute Gasteiger partial charge is 0.187 e. The van der Waals surface area contributed by atoms with Crippen molar-refractivity contribution in [1.82, 2.24) is 0 Å².